The van der Waals surface area contributed by atoms with E-state index in [0.29, 0.717) is 17.0 Å². The van der Waals surface area contributed by atoms with E-state index in [1.807, 2.05) is 48.5 Å². The fourth-order valence-electron chi connectivity index (χ4n) is 4.35. The summed E-state index contributed by atoms with van der Waals surface area (Å²) in [6.45, 7) is 0.287. The molecule has 8 nitrogen and oxygen atoms in total. The highest BCUT2D eigenvalue weighted by molar-refractivity contribution is 6.31. The van der Waals surface area contributed by atoms with Gasteiger partial charge in [0.1, 0.15) is 19.3 Å². The van der Waals surface area contributed by atoms with Gasteiger partial charge in [0.05, 0.1) is 0 Å². The molecule has 0 saturated carbocycles. The molecule has 3 aromatic rings. The number of ether oxygens (including phenoxy) is 2. The maximum Gasteiger partial charge on any atom is 0.407 e. The Hall–Kier alpha value is -4.04. The zero-order valence-corrected chi connectivity index (χ0v) is 20.7. The fourth-order valence-corrected chi connectivity index (χ4v) is 4.54. The second-order valence-electron chi connectivity index (χ2n) is 8.60. The van der Waals surface area contributed by atoms with Gasteiger partial charge in [0, 0.05) is 23.0 Å². The van der Waals surface area contributed by atoms with Crippen molar-refractivity contribution in [3.05, 3.63) is 94.5 Å². The number of carboxylic acid groups (broad SMARTS) is 1. The van der Waals surface area contributed by atoms with E-state index in [0.717, 1.165) is 22.3 Å². The maximum atomic E-state index is 12.4. The molecule has 3 aromatic carbocycles. The van der Waals surface area contributed by atoms with Crippen LogP contribution < -0.4 is 10.6 Å². The van der Waals surface area contributed by atoms with E-state index in [2.05, 4.69) is 10.6 Å². The fraction of sp³-hybridized carbons (Fsp3) is 0.250. The molecular weight excluding hydrogens is 496 g/mol. The molecule has 0 radical (unpaired) electrons. The van der Waals surface area contributed by atoms with Gasteiger partial charge in [-0.1, -0.05) is 78.3 Å². The molecule has 0 spiro atoms. The van der Waals surface area contributed by atoms with Crippen molar-refractivity contribution in [2.75, 3.05) is 13.2 Å². The van der Waals surface area contributed by atoms with E-state index in [1.54, 1.807) is 24.3 Å². The molecule has 4 rings (SSSR count). The molecule has 1 aliphatic rings. The van der Waals surface area contributed by atoms with Crippen molar-refractivity contribution in [1.29, 1.82) is 0 Å². The normalized spacial score (nSPS) is 12.7. The van der Waals surface area contributed by atoms with Crippen LogP contribution in [-0.2, 0) is 20.9 Å². The third kappa shape index (κ3) is 6.59. The summed E-state index contributed by atoms with van der Waals surface area (Å²) >= 11 is 6.03. The van der Waals surface area contributed by atoms with Crippen molar-refractivity contribution in [3.63, 3.8) is 0 Å². The first-order valence-corrected chi connectivity index (χ1v) is 12.3. The monoisotopic (exact) mass is 522 g/mol. The first kappa shape index (κ1) is 26.0. The van der Waals surface area contributed by atoms with E-state index < -0.39 is 24.2 Å². The van der Waals surface area contributed by atoms with Gasteiger partial charge in [0.25, 0.3) is 0 Å². The summed E-state index contributed by atoms with van der Waals surface area (Å²) in [5, 5.41) is 15.0. The minimum absolute atomic E-state index is 0.0204. The van der Waals surface area contributed by atoms with Crippen LogP contribution in [0.5, 0.6) is 0 Å². The average Bonchev–Trinajstić information content (AvgIpc) is 3.22. The number of halogens is 1. The molecule has 1 unspecified atom stereocenters. The van der Waals surface area contributed by atoms with Crippen molar-refractivity contribution in [2.45, 2.75) is 31.4 Å². The van der Waals surface area contributed by atoms with Crippen molar-refractivity contribution >= 4 is 29.8 Å². The van der Waals surface area contributed by atoms with E-state index in [1.165, 1.54) is 0 Å². The van der Waals surface area contributed by atoms with E-state index in [4.69, 9.17) is 21.1 Å². The Bertz CT molecular complexity index is 1240. The predicted octanol–water partition coefficient (Wildman–Crippen LogP) is 5.34. The number of carbonyl (C=O) groups excluding carboxylic acids is 2. The molecule has 37 heavy (non-hydrogen) atoms. The van der Waals surface area contributed by atoms with Gasteiger partial charge in [-0.2, -0.15) is 0 Å². The summed E-state index contributed by atoms with van der Waals surface area (Å²) in [5.41, 5.74) is 5.02. The number of rotatable bonds is 10. The lowest BCUT2D eigenvalue weighted by molar-refractivity contribution is -0.139. The first-order valence-electron chi connectivity index (χ1n) is 11.9. The summed E-state index contributed by atoms with van der Waals surface area (Å²) in [4.78, 5) is 36.0. The summed E-state index contributed by atoms with van der Waals surface area (Å²) in [7, 11) is 0. The highest BCUT2D eigenvalue weighted by atomic mass is 35.5. The second kappa shape index (κ2) is 12.3. The van der Waals surface area contributed by atoms with E-state index >= 15 is 0 Å². The lowest BCUT2D eigenvalue weighted by Crippen LogP contribution is -2.42. The van der Waals surface area contributed by atoms with Crippen molar-refractivity contribution in [2.24, 2.45) is 0 Å². The van der Waals surface area contributed by atoms with Crippen LogP contribution in [0.15, 0.2) is 72.8 Å². The third-order valence-electron chi connectivity index (χ3n) is 6.19. The predicted molar refractivity (Wildman–Crippen MR) is 139 cm³/mol. The van der Waals surface area contributed by atoms with Gasteiger partial charge in [0.2, 0.25) is 0 Å². The Morgan fingerprint density at radius 3 is 2.14 bits per heavy atom. The Kier molecular flexibility index (Phi) is 8.64. The van der Waals surface area contributed by atoms with Gasteiger partial charge in [-0.15, -0.1) is 0 Å². The number of hydrogen-bond acceptors (Lipinski definition) is 5. The Morgan fingerprint density at radius 2 is 1.49 bits per heavy atom. The molecule has 0 aromatic heterocycles. The number of fused-ring (bicyclic) bond motifs is 3. The van der Waals surface area contributed by atoms with Gasteiger partial charge in [-0.05, 0) is 41.2 Å². The highest BCUT2D eigenvalue weighted by Gasteiger charge is 2.29. The number of aliphatic carboxylic acids is 1. The number of hydrogen-bond donors (Lipinski definition) is 3. The minimum Gasteiger partial charge on any atom is -0.480 e. The molecule has 0 heterocycles. The van der Waals surface area contributed by atoms with Gasteiger partial charge in [-0.3, -0.25) is 0 Å². The van der Waals surface area contributed by atoms with Crippen LogP contribution in [-0.4, -0.2) is 42.5 Å². The van der Waals surface area contributed by atoms with Gasteiger partial charge in [-0.25, -0.2) is 14.4 Å². The van der Waals surface area contributed by atoms with E-state index in [-0.39, 0.29) is 32.1 Å². The lowest BCUT2D eigenvalue weighted by Gasteiger charge is -2.17. The summed E-state index contributed by atoms with van der Waals surface area (Å²) in [6.07, 6.45) is -1.04. The van der Waals surface area contributed by atoms with Crippen LogP contribution >= 0.6 is 11.6 Å². The van der Waals surface area contributed by atoms with Crippen molar-refractivity contribution < 1.29 is 29.0 Å². The highest BCUT2D eigenvalue weighted by Crippen LogP contribution is 2.44. The van der Waals surface area contributed by atoms with Gasteiger partial charge >= 0.3 is 18.2 Å². The quantitative estimate of drug-likeness (QED) is 0.310. The standard InChI is InChI=1S/C28H27ClN2O6/c29-24-13-6-1-8-18(24)16-36-27(34)30-15-7-14-25(26(32)33)31-28(35)37-17-23-21-11-4-2-9-19(21)20-10-3-5-12-22(20)23/h1-6,8-13,23,25H,7,14-17H2,(H,30,34)(H,31,35)(H,32,33). The van der Waals surface area contributed by atoms with Crippen LogP contribution in [0.2, 0.25) is 5.02 Å². The van der Waals surface area contributed by atoms with Gasteiger partial charge < -0.3 is 25.2 Å². The lowest BCUT2D eigenvalue weighted by atomic mass is 9.98. The van der Waals surface area contributed by atoms with Crippen LogP contribution in [0.4, 0.5) is 9.59 Å². The molecule has 192 valence electrons. The van der Waals surface area contributed by atoms with Crippen molar-refractivity contribution in [1.82, 2.24) is 10.6 Å². The van der Waals surface area contributed by atoms with Crippen molar-refractivity contribution in [3.8, 4) is 11.1 Å². The maximum absolute atomic E-state index is 12.4. The Labute approximate surface area is 219 Å². The number of carbonyl (C=O) groups is 3. The topological polar surface area (TPSA) is 114 Å². The molecular formula is C28H27ClN2O6. The van der Waals surface area contributed by atoms with E-state index in [9.17, 15) is 19.5 Å². The van der Waals surface area contributed by atoms with Gasteiger partial charge in [0.15, 0.2) is 0 Å². The zero-order chi connectivity index (χ0) is 26.2. The van der Waals surface area contributed by atoms with Crippen LogP contribution in [0.25, 0.3) is 11.1 Å². The number of nitrogens with one attached hydrogen (secondary N) is 2. The number of alkyl carbamates (subject to hydrolysis) is 2. The third-order valence-corrected chi connectivity index (χ3v) is 6.56. The smallest absolute Gasteiger partial charge is 0.407 e. The molecule has 0 fully saturated rings. The largest absolute Gasteiger partial charge is 0.480 e. The molecule has 1 atom stereocenters. The zero-order valence-electron chi connectivity index (χ0n) is 20.0. The summed E-state index contributed by atoms with van der Waals surface area (Å²) < 4.78 is 10.6. The van der Waals surface area contributed by atoms with Crippen LogP contribution in [0, 0.1) is 0 Å². The summed E-state index contributed by atoms with van der Waals surface area (Å²) in [6, 6.07) is 21.8. The molecule has 2 amide bonds. The average molecular weight is 523 g/mol. The molecule has 3 N–H and O–H groups in total. The SMILES string of the molecule is O=C(NCCCC(NC(=O)OCC1c2ccccc2-c2ccccc21)C(=O)O)OCc1ccccc1Cl. The molecule has 0 bridgehead atoms. The number of benzene rings is 3. The Balaban J connectivity index is 1.21. The minimum atomic E-state index is -1.19. The molecule has 9 heteroatoms. The first-order chi connectivity index (χ1) is 17.9. The molecule has 1 aliphatic carbocycles. The molecule has 0 aliphatic heterocycles. The van der Waals surface area contributed by atoms with Crippen LogP contribution in [0.3, 0.4) is 0 Å². The Morgan fingerprint density at radius 1 is 0.865 bits per heavy atom. The molecule has 0 saturated heterocycles. The summed E-state index contributed by atoms with van der Waals surface area (Å²) in [5.74, 6) is -1.31. The number of carboxylic acids is 1. The van der Waals surface area contributed by atoms with Crippen LogP contribution in [0.1, 0.15) is 35.4 Å². The number of amides is 2. The second-order valence-corrected chi connectivity index (χ2v) is 9.00.